The summed E-state index contributed by atoms with van der Waals surface area (Å²) in [6, 6.07) is 10.5. The number of methoxy groups -OCH3 is 1. The van der Waals surface area contributed by atoms with Crippen molar-refractivity contribution in [3.8, 4) is 0 Å². The van der Waals surface area contributed by atoms with E-state index in [4.69, 9.17) is 4.74 Å². The largest absolute Gasteiger partial charge is 0.469 e. The molecule has 0 saturated carbocycles. The Morgan fingerprint density at radius 1 is 1.37 bits per heavy atom. The van der Waals surface area contributed by atoms with Crippen molar-refractivity contribution in [2.75, 3.05) is 20.2 Å². The molecule has 3 nitrogen and oxygen atoms in total. The second-order valence-corrected chi connectivity index (χ2v) is 5.16. The van der Waals surface area contributed by atoms with Crippen molar-refractivity contribution in [3.05, 3.63) is 35.9 Å². The summed E-state index contributed by atoms with van der Waals surface area (Å²) < 4.78 is 4.97. The van der Waals surface area contributed by atoms with Gasteiger partial charge >= 0.3 is 5.97 Å². The first-order valence-electron chi connectivity index (χ1n) is 7.14. The normalized spacial score (nSPS) is 23.5. The Morgan fingerprint density at radius 2 is 2.11 bits per heavy atom. The fourth-order valence-corrected chi connectivity index (χ4v) is 2.96. The van der Waals surface area contributed by atoms with Crippen molar-refractivity contribution >= 4 is 5.97 Å². The predicted octanol–water partition coefficient (Wildman–Crippen LogP) is 3.02. The molecule has 3 heteroatoms. The lowest BCUT2D eigenvalue weighted by Crippen LogP contribution is -2.29. The van der Waals surface area contributed by atoms with Gasteiger partial charge in [0.15, 0.2) is 0 Å². The summed E-state index contributed by atoms with van der Waals surface area (Å²) in [5, 5.41) is 0. The molecule has 1 heterocycles. The molecule has 2 atom stereocenters. The van der Waals surface area contributed by atoms with E-state index in [0.29, 0.717) is 0 Å². The van der Waals surface area contributed by atoms with Gasteiger partial charge in [0.1, 0.15) is 0 Å². The molecule has 0 aromatic heterocycles. The molecule has 1 aromatic carbocycles. The first-order chi connectivity index (χ1) is 9.27. The van der Waals surface area contributed by atoms with Gasteiger partial charge in [0.25, 0.3) is 0 Å². The summed E-state index contributed by atoms with van der Waals surface area (Å²) in [6.45, 7) is 4.24. The topological polar surface area (TPSA) is 29.5 Å². The third-order valence-electron chi connectivity index (χ3n) is 3.95. The number of benzene rings is 1. The molecule has 1 aromatic rings. The Kier molecular flexibility index (Phi) is 4.97. The molecule has 19 heavy (non-hydrogen) atoms. The molecule has 0 aliphatic carbocycles. The molecular formula is C16H23NO2. The molecule has 104 valence electrons. The minimum atomic E-state index is -0.0761. The SMILES string of the molecule is CCCCN1CCC(C(=O)OC)C1c1ccccc1. The number of nitrogens with zero attached hydrogens (tertiary/aromatic N) is 1. The summed E-state index contributed by atoms with van der Waals surface area (Å²) in [6.07, 6.45) is 3.26. The molecule has 2 unspecified atom stereocenters. The number of hydrogen-bond acceptors (Lipinski definition) is 3. The molecule has 0 radical (unpaired) electrons. The zero-order chi connectivity index (χ0) is 13.7. The number of hydrogen-bond donors (Lipinski definition) is 0. The van der Waals surface area contributed by atoms with E-state index in [0.717, 1.165) is 19.5 Å². The van der Waals surface area contributed by atoms with Gasteiger partial charge in [0.2, 0.25) is 0 Å². The van der Waals surface area contributed by atoms with E-state index in [1.807, 2.05) is 18.2 Å². The van der Waals surface area contributed by atoms with Gasteiger partial charge in [0, 0.05) is 6.04 Å². The second kappa shape index (κ2) is 6.71. The summed E-state index contributed by atoms with van der Waals surface area (Å²) >= 11 is 0. The van der Waals surface area contributed by atoms with Gasteiger partial charge in [-0.25, -0.2) is 0 Å². The first-order valence-corrected chi connectivity index (χ1v) is 7.14. The average Bonchev–Trinajstić information content (AvgIpc) is 2.89. The molecule has 1 saturated heterocycles. The van der Waals surface area contributed by atoms with Crippen LogP contribution in [0.25, 0.3) is 0 Å². The molecule has 0 amide bonds. The fraction of sp³-hybridized carbons (Fsp3) is 0.562. The number of ether oxygens (including phenoxy) is 1. The van der Waals surface area contributed by atoms with Gasteiger partial charge in [-0.05, 0) is 31.5 Å². The lowest BCUT2D eigenvalue weighted by molar-refractivity contribution is -0.146. The van der Waals surface area contributed by atoms with Gasteiger partial charge in [0.05, 0.1) is 13.0 Å². The molecule has 0 bridgehead atoms. The van der Waals surface area contributed by atoms with Crippen molar-refractivity contribution < 1.29 is 9.53 Å². The predicted molar refractivity (Wildman–Crippen MR) is 75.8 cm³/mol. The standard InChI is InChI=1S/C16H23NO2/c1-3-4-11-17-12-10-14(16(18)19-2)15(17)13-8-6-5-7-9-13/h5-9,14-15H,3-4,10-12H2,1-2H3. The van der Waals surface area contributed by atoms with Crippen molar-refractivity contribution in [3.63, 3.8) is 0 Å². The zero-order valence-corrected chi connectivity index (χ0v) is 11.8. The maximum Gasteiger partial charge on any atom is 0.310 e. The molecule has 0 spiro atoms. The van der Waals surface area contributed by atoms with Gasteiger partial charge < -0.3 is 4.74 Å². The Morgan fingerprint density at radius 3 is 2.74 bits per heavy atom. The molecule has 1 aliphatic rings. The smallest absolute Gasteiger partial charge is 0.310 e. The van der Waals surface area contributed by atoms with Crippen LogP contribution >= 0.6 is 0 Å². The van der Waals surface area contributed by atoms with E-state index in [-0.39, 0.29) is 17.9 Å². The molecule has 1 aliphatic heterocycles. The van der Waals surface area contributed by atoms with Crippen LogP contribution in [0.2, 0.25) is 0 Å². The highest BCUT2D eigenvalue weighted by atomic mass is 16.5. The summed E-state index contributed by atoms with van der Waals surface area (Å²) in [4.78, 5) is 14.4. The van der Waals surface area contributed by atoms with Crippen LogP contribution in [-0.2, 0) is 9.53 Å². The van der Waals surface area contributed by atoms with Gasteiger partial charge in [-0.3, -0.25) is 9.69 Å². The molecule has 2 rings (SSSR count). The first kappa shape index (κ1) is 14.1. The van der Waals surface area contributed by atoms with Crippen LogP contribution < -0.4 is 0 Å². The van der Waals surface area contributed by atoms with Crippen LogP contribution in [-0.4, -0.2) is 31.1 Å². The maximum absolute atomic E-state index is 12.0. The third-order valence-corrected chi connectivity index (χ3v) is 3.95. The maximum atomic E-state index is 12.0. The molecular weight excluding hydrogens is 238 g/mol. The van der Waals surface area contributed by atoms with E-state index in [9.17, 15) is 4.79 Å². The van der Waals surface area contributed by atoms with E-state index in [1.165, 1.54) is 25.5 Å². The number of rotatable bonds is 5. The lowest BCUT2D eigenvalue weighted by Gasteiger charge is -2.27. The van der Waals surface area contributed by atoms with Gasteiger partial charge in [-0.1, -0.05) is 43.7 Å². The van der Waals surface area contributed by atoms with E-state index >= 15 is 0 Å². The molecule has 1 fully saturated rings. The van der Waals surface area contributed by atoms with Gasteiger partial charge in [-0.2, -0.15) is 0 Å². The average molecular weight is 261 g/mol. The Bertz CT molecular complexity index is 404. The third kappa shape index (κ3) is 3.16. The van der Waals surface area contributed by atoms with E-state index in [1.54, 1.807) is 0 Å². The van der Waals surface area contributed by atoms with Gasteiger partial charge in [-0.15, -0.1) is 0 Å². The number of esters is 1. The minimum absolute atomic E-state index is 0.0238. The van der Waals surface area contributed by atoms with Crippen molar-refractivity contribution in [2.24, 2.45) is 5.92 Å². The fourth-order valence-electron chi connectivity index (χ4n) is 2.96. The second-order valence-electron chi connectivity index (χ2n) is 5.16. The van der Waals surface area contributed by atoms with Crippen LogP contribution in [0.15, 0.2) is 30.3 Å². The Balaban J connectivity index is 2.20. The van der Waals surface area contributed by atoms with E-state index in [2.05, 4.69) is 24.0 Å². The van der Waals surface area contributed by atoms with Crippen LogP contribution in [0.1, 0.15) is 37.8 Å². The highest BCUT2D eigenvalue weighted by Crippen LogP contribution is 2.37. The van der Waals surface area contributed by atoms with E-state index < -0.39 is 0 Å². The number of carbonyl (C=O) groups excluding carboxylic acids is 1. The number of likely N-dealkylation sites (tertiary alicyclic amines) is 1. The Labute approximate surface area is 115 Å². The Hall–Kier alpha value is -1.35. The van der Waals surface area contributed by atoms with Crippen LogP contribution in [0.4, 0.5) is 0 Å². The van der Waals surface area contributed by atoms with Crippen molar-refractivity contribution in [2.45, 2.75) is 32.2 Å². The minimum Gasteiger partial charge on any atom is -0.469 e. The van der Waals surface area contributed by atoms with Crippen molar-refractivity contribution in [1.82, 2.24) is 4.90 Å². The number of unbranched alkanes of at least 4 members (excludes halogenated alkanes) is 1. The summed E-state index contributed by atoms with van der Waals surface area (Å²) in [7, 11) is 1.49. The van der Waals surface area contributed by atoms with Crippen molar-refractivity contribution in [1.29, 1.82) is 0 Å². The lowest BCUT2D eigenvalue weighted by atomic mass is 9.93. The monoisotopic (exact) mass is 261 g/mol. The molecule has 0 N–H and O–H groups in total. The van der Waals surface area contributed by atoms with Crippen LogP contribution in [0.5, 0.6) is 0 Å². The highest BCUT2D eigenvalue weighted by molar-refractivity contribution is 5.74. The summed E-state index contributed by atoms with van der Waals surface area (Å²) in [5.74, 6) is -0.0999. The quantitative estimate of drug-likeness (QED) is 0.763. The van der Waals surface area contributed by atoms with Crippen LogP contribution in [0, 0.1) is 5.92 Å². The highest BCUT2D eigenvalue weighted by Gasteiger charge is 2.39. The summed E-state index contributed by atoms with van der Waals surface area (Å²) in [5.41, 5.74) is 1.23. The zero-order valence-electron chi connectivity index (χ0n) is 11.8. The van der Waals surface area contributed by atoms with Crippen LogP contribution in [0.3, 0.4) is 0 Å². The number of carbonyl (C=O) groups is 1.